The molecule has 8 nitrogen and oxygen atoms in total. The van der Waals surface area contributed by atoms with Crippen molar-refractivity contribution >= 4 is 22.8 Å². The van der Waals surface area contributed by atoms with E-state index in [4.69, 9.17) is 15.6 Å². The molecular weight excluding hydrogens is 392 g/mol. The van der Waals surface area contributed by atoms with Gasteiger partial charge in [0.2, 0.25) is 5.91 Å². The summed E-state index contributed by atoms with van der Waals surface area (Å²) in [6.07, 6.45) is 1.99. The Morgan fingerprint density at radius 1 is 1.10 bits per heavy atom. The zero-order valence-electron chi connectivity index (χ0n) is 16.7. The molecule has 1 atom stereocenters. The number of nitrogens with zero attached hydrogens (tertiary/aromatic N) is 4. The molecule has 3 N–H and O–H groups in total. The van der Waals surface area contributed by atoms with E-state index < -0.39 is 0 Å². The summed E-state index contributed by atoms with van der Waals surface area (Å²) in [5.74, 6) is 1.72. The number of benzene rings is 2. The van der Waals surface area contributed by atoms with Crippen molar-refractivity contribution in [3.63, 3.8) is 0 Å². The van der Waals surface area contributed by atoms with Gasteiger partial charge in [-0.15, -0.1) is 0 Å². The average molecular weight is 412 g/mol. The van der Waals surface area contributed by atoms with Gasteiger partial charge in [-0.2, -0.15) is 5.10 Å². The lowest BCUT2D eigenvalue weighted by molar-refractivity contribution is -0.116. The normalized spacial score (nSPS) is 15.9. The van der Waals surface area contributed by atoms with E-state index in [0.717, 1.165) is 17.1 Å². The van der Waals surface area contributed by atoms with Crippen molar-refractivity contribution in [2.24, 2.45) is 0 Å². The van der Waals surface area contributed by atoms with Crippen molar-refractivity contribution in [3.8, 4) is 22.8 Å². The first kappa shape index (κ1) is 18.8. The lowest BCUT2D eigenvalue weighted by Crippen LogP contribution is -2.30. The summed E-state index contributed by atoms with van der Waals surface area (Å²) in [4.78, 5) is 20.3. The molecule has 8 heteroatoms. The quantitative estimate of drug-likeness (QED) is 0.487. The van der Waals surface area contributed by atoms with Crippen LogP contribution in [-0.2, 0) is 11.3 Å². The molecule has 3 heterocycles. The number of hydrogen-bond acceptors (Lipinski definition) is 6. The minimum Gasteiger partial charge on any atom is -0.457 e. The van der Waals surface area contributed by atoms with Gasteiger partial charge in [0.25, 0.3) is 0 Å². The maximum Gasteiger partial charge on any atom is 0.246 e. The van der Waals surface area contributed by atoms with Gasteiger partial charge < -0.3 is 15.8 Å². The van der Waals surface area contributed by atoms with Crippen LogP contribution < -0.4 is 15.8 Å². The number of carbonyl (C=O) groups excluding carboxylic acids is 1. The largest absolute Gasteiger partial charge is 0.457 e. The highest BCUT2D eigenvalue weighted by Gasteiger charge is 2.27. The highest BCUT2D eigenvalue weighted by atomic mass is 16.5. The molecule has 4 aromatic rings. The van der Waals surface area contributed by atoms with E-state index in [-0.39, 0.29) is 11.9 Å². The summed E-state index contributed by atoms with van der Waals surface area (Å²) in [6.45, 7) is 4.26. The second-order valence-electron chi connectivity index (χ2n) is 7.41. The van der Waals surface area contributed by atoms with Crippen molar-refractivity contribution in [3.05, 3.63) is 73.1 Å². The van der Waals surface area contributed by atoms with E-state index in [9.17, 15) is 4.79 Å². The van der Waals surface area contributed by atoms with Crippen LogP contribution in [0.5, 0.6) is 11.5 Å². The number of carbonyl (C=O) groups is 1. The van der Waals surface area contributed by atoms with Crippen molar-refractivity contribution in [1.82, 2.24) is 25.1 Å². The molecule has 154 valence electrons. The summed E-state index contributed by atoms with van der Waals surface area (Å²) in [7, 11) is 0. The number of rotatable bonds is 5. The van der Waals surface area contributed by atoms with Crippen LogP contribution in [-0.4, -0.2) is 31.7 Å². The Morgan fingerprint density at radius 3 is 2.55 bits per heavy atom. The average Bonchev–Trinajstić information content (AvgIpc) is 3.30. The van der Waals surface area contributed by atoms with Gasteiger partial charge in [0.1, 0.15) is 29.3 Å². The second-order valence-corrected chi connectivity index (χ2v) is 7.41. The topological polar surface area (TPSA) is 108 Å². The lowest BCUT2D eigenvalue weighted by Gasteiger charge is -2.09. The highest BCUT2D eigenvalue weighted by molar-refractivity contribution is 5.98. The predicted octanol–water partition coefficient (Wildman–Crippen LogP) is 3.31. The smallest absolute Gasteiger partial charge is 0.246 e. The van der Waals surface area contributed by atoms with E-state index in [0.29, 0.717) is 41.1 Å². The van der Waals surface area contributed by atoms with Gasteiger partial charge in [-0.3, -0.25) is 4.79 Å². The fraction of sp³-hybridized carbons (Fsp3) is 0.130. The third kappa shape index (κ3) is 3.59. The molecule has 1 fully saturated rings. The Hall–Kier alpha value is -4.20. The molecule has 1 aliphatic heterocycles. The molecule has 5 rings (SSSR count). The molecular formula is C23H20N6O2. The van der Waals surface area contributed by atoms with Crippen molar-refractivity contribution in [2.75, 3.05) is 5.73 Å². The molecule has 2 aromatic heterocycles. The Balaban J connectivity index is 1.48. The molecule has 1 aliphatic rings. The van der Waals surface area contributed by atoms with E-state index in [1.54, 1.807) is 4.68 Å². The molecule has 0 spiro atoms. The summed E-state index contributed by atoms with van der Waals surface area (Å²) in [5.41, 5.74) is 8.93. The van der Waals surface area contributed by atoms with Crippen molar-refractivity contribution in [1.29, 1.82) is 0 Å². The van der Waals surface area contributed by atoms with E-state index in [1.807, 2.05) is 54.6 Å². The molecule has 1 amide bonds. The first-order chi connectivity index (χ1) is 15.1. The van der Waals surface area contributed by atoms with Crippen molar-refractivity contribution in [2.45, 2.75) is 19.0 Å². The van der Waals surface area contributed by atoms with E-state index >= 15 is 0 Å². The van der Waals surface area contributed by atoms with Crippen LogP contribution in [0.15, 0.2) is 73.1 Å². The van der Waals surface area contributed by atoms with Crippen LogP contribution in [0.2, 0.25) is 0 Å². The van der Waals surface area contributed by atoms with Gasteiger partial charge in [-0.25, -0.2) is 14.6 Å². The first-order valence-electron chi connectivity index (χ1n) is 9.87. The predicted molar refractivity (Wildman–Crippen MR) is 117 cm³/mol. The molecule has 0 aliphatic carbocycles. The number of nitrogens with one attached hydrogen (secondary N) is 1. The number of ether oxygens (including phenoxy) is 1. The first-order valence-corrected chi connectivity index (χ1v) is 9.87. The molecule has 2 aromatic carbocycles. The van der Waals surface area contributed by atoms with Gasteiger partial charge in [-0.1, -0.05) is 24.8 Å². The van der Waals surface area contributed by atoms with Gasteiger partial charge in [0.05, 0.1) is 18.0 Å². The van der Waals surface area contributed by atoms with Gasteiger partial charge in [0, 0.05) is 11.1 Å². The summed E-state index contributed by atoms with van der Waals surface area (Å²) in [5, 5.41) is 8.36. The fourth-order valence-corrected chi connectivity index (χ4v) is 3.71. The summed E-state index contributed by atoms with van der Waals surface area (Å²) < 4.78 is 7.64. The van der Waals surface area contributed by atoms with Crippen LogP contribution in [0.3, 0.4) is 0 Å². The molecule has 31 heavy (non-hydrogen) atoms. The third-order valence-corrected chi connectivity index (χ3v) is 5.21. The number of nitrogens with two attached hydrogens (primary N) is 1. The number of fused-ring (bicyclic) bond motifs is 1. The monoisotopic (exact) mass is 412 g/mol. The van der Waals surface area contributed by atoms with Crippen LogP contribution in [0, 0.1) is 0 Å². The molecule has 0 saturated carbocycles. The number of aromatic nitrogens is 4. The number of anilines is 1. The maximum atomic E-state index is 11.8. The number of nitrogen functional groups attached to an aromatic ring is 1. The Bertz CT molecular complexity index is 1260. The summed E-state index contributed by atoms with van der Waals surface area (Å²) in [6, 6.07) is 17.1. The lowest BCUT2D eigenvalue weighted by atomic mass is 10.1. The molecule has 0 unspecified atom stereocenters. The third-order valence-electron chi connectivity index (χ3n) is 5.21. The minimum absolute atomic E-state index is 0.0891. The zero-order chi connectivity index (χ0) is 21.4. The van der Waals surface area contributed by atoms with Crippen LogP contribution in [0.1, 0.15) is 6.42 Å². The number of para-hydroxylation sites is 1. The SMILES string of the molecule is C=C1C[C@H](Cn2nc(-c3ccc(Oc4ccccc4)cc3)c3c(N)ncnc32)NC1=O. The minimum atomic E-state index is -0.121. The van der Waals surface area contributed by atoms with Gasteiger partial charge in [0.15, 0.2) is 5.65 Å². The fourth-order valence-electron chi connectivity index (χ4n) is 3.71. The number of hydrogen-bond donors (Lipinski definition) is 2. The summed E-state index contributed by atoms with van der Waals surface area (Å²) >= 11 is 0. The maximum absolute atomic E-state index is 11.8. The number of amides is 1. The van der Waals surface area contributed by atoms with Gasteiger partial charge in [-0.05, 0) is 42.8 Å². The molecule has 0 bridgehead atoms. The van der Waals surface area contributed by atoms with Crippen LogP contribution in [0.4, 0.5) is 5.82 Å². The Kier molecular flexibility index (Phi) is 4.59. The highest BCUT2D eigenvalue weighted by Crippen LogP contribution is 2.32. The van der Waals surface area contributed by atoms with E-state index in [2.05, 4.69) is 21.9 Å². The van der Waals surface area contributed by atoms with Crippen molar-refractivity contribution < 1.29 is 9.53 Å². The van der Waals surface area contributed by atoms with E-state index in [1.165, 1.54) is 6.33 Å². The van der Waals surface area contributed by atoms with Crippen LogP contribution >= 0.6 is 0 Å². The van der Waals surface area contributed by atoms with Crippen LogP contribution in [0.25, 0.3) is 22.3 Å². The second kappa shape index (κ2) is 7.56. The zero-order valence-corrected chi connectivity index (χ0v) is 16.7. The standard InChI is InChI=1S/C23H20N6O2/c1-14-11-16(27-23(14)30)12-29-22-19(21(24)25-13-26-22)20(28-29)15-7-9-18(10-8-15)31-17-5-3-2-4-6-17/h2-10,13,16H,1,11-12H2,(H,27,30)(H2,24,25,26)/t16-/m1/s1. The molecule has 0 radical (unpaired) electrons. The Labute approximate surface area is 178 Å². The van der Waals surface area contributed by atoms with Gasteiger partial charge >= 0.3 is 0 Å². The molecule has 1 saturated heterocycles. The Morgan fingerprint density at radius 2 is 1.84 bits per heavy atom.